The molecule has 2 heterocycles. The molecule has 17 heavy (non-hydrogen) atoms. The number of ether oxygens (including phenoxy) is 1. The molecule has 0 saturated carbocycles. The number of hydrogen-bond donors (Lipinski definition) is 1. The largest absolute Gasteiger partial charge is 0.485 e. The molecule has 1 aliphatic heterocycles. The zero-order valence-corrected chi connectivity index (χ0v) is 9.04. The van der Waals surface area contributed by atoms with Gasteiger partial charge in [-0.05, 0) is 6.07 Å². The van der Waals surface area contributed by atoms with Gasteiger partial charge in [0.2, 0.25) is 0 Å². The van der Waals surface area contributed by atoms with Crippen LogP contribution in [0.15, 0.2) is 18.5 Å². The van der Waals surface area contributed by atoms with Crippen molar-refractivity contribution in [3.63, 3.8) is 0 Å². The SMILES string of the molecule is N#Cc1ccncc1O[C@H]1CCN(C(=O)O)C1. The number of hydrogen-bond acceptors (Lipinski definition) is 4. The summed E-state index contributed by atoms with van der Waals surface area (Å²) in [5, 5.41) is 17.7. The number of rotatable bonds is 2. The predicted octanol–water partition coefficient (Wildman–Crippen LogP) is 1.08. The fraction of sp³-hybridized carbons (Fsp3) is 0.364. The molecule has 1 amide bonds. The lowest BCUT2D eigenvalue weighted by molar-refractivity contribution is 0.145. The van der Waals surface area contributed by atoms with E-state index in [1.165, 1.54) is 17.3 Å². The van der Waals surface area contributed by atoms with Crippen LogP contribution in [0.25, 0.3) is 0 Å². The number of amides is 1. The second-order valence-corrected chi connectivity index (χ2v) is 3.74. The van der Waals surface area contributed by atoms with E-state index >= 15 is 0 Å². The average Bonchev–Trinajstić information content (AvgIpc) is 2.78. The summed E-state index contributed by atoms with van der Waals surface area (Å²) in [5.74, 6) is 0.409. The lowest BCUT2D eigenvalue weighted by Crippen LogP contribution is -2.29. The Morgan fingerprint density at radius 2 is 2.53 bits per heavy atom. The Hall–Kier alpha value is -2.29. The topological polar surface area (TPSA) is 86.5 Å². The molecule has 1 N–H and O–H groups in total. The lowest BCUT2D eigenvalue weighted by Gasteiger charge is -2.14. The number of likely N-dealkylation sites (tertiary alicyclic amines) is 1. The second-order valence-electron chi connectivity index (χ2n) is 3.74. The lowest BCUT2D eigenvalue weighted by atomic mass is 10.2. The molecule has 1 aliphatic rings. The highest BCUT2D eigenvalue weighted by Crippen LogP contribution is 2.20. The Labute approximate surface area is 98.1 Å². The van der Waals surface area contributed by atoms with Gasteiger partial charge < -0.3 is 14.7 Å². The molecule has 0 radical (unpaired) electrons. The molecule has 0 aliphatic carbocycles. The Morgan fingerprint density at radius 1 is 1.71 bits per heavy atom. The predicted molar refractivity (Wildman–Crippen MR) is 57.6 cm³/mol. The van der Waals surface area contributed by atoms with Crippen molar-refractivity contribution in [2.45, 2.75) is 12.5 Å². The van der Waals surface area contributed by atoms with Gasteiger partial charge in [0.05, 0.1) is 18.3 Å². The monoisotopic (exact) mass is 233 g/mol. The number of nitrogens with zero attached hydrogens (tertiary/aromatic N) is 3. The van der Waals surface area contributed by atoms with Gasteiger partial charge in [0.25, 0.3) is 0 Å². The molecule has 6 heteroatoms. The van der Waals surface area contributed by atoms with Crippen LogP contribution in [0.2, 0.25) is 0 Å². The minimum Gasteiger partial charge on any atom is -0.485 e. The fourth-order valence-corrected chi connectivity index (χ4v) is 1.74. The van der Waals surface area contributed by atoms with Crippen molar-refractivity contribution in [3.8, 4) is 11.8 Å². The minimum atomic E-state index is -0.942. The highest BCUT2D eigenvalue weighted by atomic mass is 16.5. The molecule has 0 bridgehead atoms. The molecule has 88 valence electrons. The number of pyridine rings is 1. The normalized spacial score (nSPS) is 18.8. The van der Waals surface area contributed by atoms with E-state index in [2.05, 4.69) is 4.98 Å². The first kappa shape index (κ1) is 11.2. The van der Waals surface area contributed by atoms with Gasteiger partial charge in [-0.15, -0.1) is 0 Å². The van der Waals surface area contributed by atoms with Crippen LogP contribution in [-0.2, 0) is 0 Å². The van der Waals surface area contributed by atoms with E-state index in [0.717, 1.165) is 0 Å². The highest BCUT2D eigenvalue weighted by molar-refractivity contribution is 5.65. The van der Waals surface area contributed by atoms with Crippen molar-refractivity contribution >= 4 is 6.09 Å². The number of aromatic nitrogens is 1. The van der Waals surface area contributed by atoms with Crippen LogP contribution in [-0.4, -0.2) is 40.3 Å². The Bertz CT molecular complexity index is 469. The summed E-state index contributed by atoms with van der Waals surface area (Å²) in [7, 11) is 0. The van der Waals surface area contributed by atoms with Gasteiger partial charge >= 0.3 is 6.09 Å². The molecule has 1 atom stereocenters. The first-order valence-corrected chi connectivity index (χ1v) is 5.19. The summed E-state index contributed by atoms with van der Waals surface area (Å²) in [5.41, 5.74) is 0.411. The van der Waals surface area contributed by atoms with E-state index in [9.17, 15) is 4.79 Å². The van der Waals surface area contributed by atoms with Gasteiger partial charge in [0.1, 0.15) is 12.2 Å². The smallest absolute Gasteiger partial charge is 0.407 e. The van der Waals surface area contributed by atoms with Gasteiger partial charge in [0, 0.05) is 19.2 Å². The standard InChI is InChI=1S/C11H11N3O3/c12-5-8-1-3-13-6-10(8)17-9-2-4-14(7-9)11(15)16/h1,3,6,9H,2,4,7H2,(H,15,16)/t9-/m0/s1. The van der Waals surface area contributed by atoms with Crippen molar-refractivity contribution in [1.29, 1.82) is 5.26 Å². The maximum Gasteiger partial charge on any atom is 0.407 e. The molecule has 1 fully saturated rings. The molecule has 0 aromatic carbocycles. The molecular formula is C11H11N3O3. The third-order valence-electron chi connectivity index (χ3n) is 2.61. The molecule has 0 spiro atoms. The first-order valence-electron chi connectivity index (χ1n) is 5.19. The quantitative estimate of drug-likeness (QED) is 0.826. The van der Waals surface area contributed by atoms with E-state index < -0.39 is 6.09 Å². The summed E-state index contributed by atoms with van der Waals surface area (Å²) in [6.45, 7) is 0.789. The van der Waals surface area contributed by atoms with Crippen molar-refractivity contribution in [2.75, 3.05) is 13.1 Å². The van der Waals surface area contributed by atoms with Crippen LogP contribution < -0.4 is 4.74 Å². The molecule has 0 unspecified atom stereocenters. The molecule has 1 saturated heterocycles. The summed E-state index contributed by atoms with van der Waals surface area (Å²) in [6.07, 6.45) is 2.47. The Morgan fingerprint density at radius 3 is 3.18 bits per heavy atom. The van der Waals surface area contributed by atoms with E-state index in [-0.39, 0.29) is 6.10 Å². The summed E-state index contributed by atoms with van der Waals surface area (Å²) >= 11 is 0. The molecular weight excluding hydrogens is 222 g/mol. The molecule has 1 aromatic rings. The van der Waals surface area contributed by atoms with Gasteiger partial charge in [-0.3, -0.25) is 4.98 Å². The first-order chi connectivity index (χ1) is 8.20. The van der Waals surface area contributed by atoms with Crippen molar-refractivity contribution in [1.82, 2.24) is 9.88 Å². The van der Waals surface area contributed by atoms with Crippen LogP contribution >= 0.6 is 0 Å². The zero-order chi connectivity index (χ0) is 12.3. The second kappa shape index (κ2) is 4.70. The number of carboxylic acid groups (broad SMARTS) is 1. The van der Waals surface area contributed by atoms with E-state index in [4.69, 9.17) is 15.1 Å². The van der Waals surface area contributed by atoms with E-state index in [1.54, 1.807) is 6.07 Å². The van der Waals surface area contributed by atoms with Gasteiger partial charge in [-0.25, -0.2) is 4.79 Å². The van der Waals surface area contributed by atoms with Crippen LogP contribution in [0.4, 0.5) is 4.79 Å². The van der Waals surface area contributed by atoms with Crippen LogP contribution in [0.3, 0.4) is 0 Å². The summed E-state index contributed by atoms with van der Waals surface area (Å²) in [6, 6.07) is 3.58. The Kier molecular flexibility index (Phi) is 3.10. The van der Waals surface area contributed by atoms with Crippen molar-refractivity contribution in [2.24, 2.45) is 0 Å². The molecule has 1 aromatic heterocycles. The van der Waals surface area contributed by atoms with Crippen molar-refractivity contribution in [3.05, 3.63) is 24.0 Å². The number of nitriles is 1. The molecule has 6 nitrogen and oxygen atoms in total. The van der Waals surface area contributed by atoms with Crippen LogP contribution in [0, 0.1) is 11.3 Å². The van der Waals surface area contributed by atoms with E-state index in [1.807, 2.05) is 6.07 Å². The number of carbonyl (C=O) groups is 1. The van der Waals surface area contributed by atoms with E-state index in [0.29, 0.717) is 30.8 Å². The average molecular weight is 233 g/mol. The summed E-state index contributed by atoms with van der Waals surface area (Å²) < 4.78 is 5.59. The highest BCUT2D eigenvalue weighted by Gasteiger charge is 2.27. The third kappa shape index (κ3) is 2.45. The van der Waals surface area contributed by atoms with Gasteiger partial charge in [-0.2, -0.15) is 5.26 Å². The zero-order valence-electron chi connectivity index (χ0n) is 9.04. The van der Waals surface area contributed by atoms with Gasteiger partial charge in [-0.1, -0.05) is 0 Å². The Balaban J connectivity index is 2.03. The fourth-order valence-electron chi connectivity index (χ4n) is 1.74. The maximum atomic E-state index is 10.7. The minimum absolute atomic E-state index is 0.206. The van der Waals surface area contributed by atoms with Crippen LogP contribution in [0.5, 0.6) is 5.75 Å². The van der Waals surface area contributed by atoms with Crippen LogP contribution in [0.1, 0.15) is 12.0 Å². The molecule has 2 rings (SSSR count). The maximum absolute atomic E-state index is 10.7. The van der Waals surface area contributed by atoms with Gasteiger partial charge in [0.15, 0.2) is 5.75 Å². The van der Waals surface area contributed by atoms with Crippen molar-refractivity contribution < 1.29 is 14.6 Å². The summed E-state index contributed by atoms with van der Waals surface area (Å²) in [4.78, 5) is 15.9. The third-order valence-corrected chi connectivity index (χ3v) is 2.61.